The van der Waals surface area contributed by atoms with Gasteiger partial charge in [-0.3, -0.25) is 0 Å². The summed E-state index contributed by atoms with van der Waals surface area (Å²) in [7, 11) is 0. The van der Waals surface area contributed by atoms with Crippen molar-refractivity contribution in [2.24, 2.45) is 0 Å². The predicted octanol–water partition coefficient (Wildman–Crippen LogP) is 13.3. The molecule has 1 unspecified atom stereocenters. The molecule has 1 heteroatoms. The van der Waals surface area contributed by atoms with Gasteiger partial charge in [-0.2, -0.15) is 0 Å². The summed E-state index contributed by atoms with van der Waals surface area (Å²) in [5.41, 5.74) is 18.6. The topological polar surface area (TPSA) is 3.24 Å². The number of anilines is 3. The van der Waals surface area contributed by atoms with E-state index >= 15 is 0 Å². The lowest BCUT2D eigenvalue weighted by molar-refractivity contribution is 0.666. The SMILES string of the molecule is Cc1ccccc1-c1c(CCC(C)c2ccc(C(=C3CCC3)c3ccccc3)cc2)ccc2c1C=Cc1ccccc1N2c1ccccc1. The smallest absolute Gasteiger partial charge is 0.0540 e. The second kappa shape index (κ2) is 13.6. The lowest BCUT2D eigenvalue weighted by Gasteiger charge is -2.29. The maximum Gasteiger partial charge on any atom is 0.0540 e. The molecular formula is C48H43N. The number of rotatable bonds is 8. The van der Waals surface area contributed by atoms with Crippen LogP contribution in [0.25, 0.3) is 28.9 Å². The molecule has 1 heterocycles. The molecule has 1 saturated carbocycles. The molecule has 0 bridgehead atoms. The van der Waals surface area contributed by atoms with Crippen LogP contribution in [0.1, 0.15) is 77.5 Å². The molecule has 2 aliphatic rings. The van der Waals surface area contributed by atoms with Crippen LogP contribution in [0.3, 0.4) is 0 Å². The molecule has 0 saturated heterocycles. The summed E-state index contributed by atoms with van der Waals surface area (Å²) in [6.45, 7) is 4.64. The summed E-state index contributed by atoms with van der Waals surface area (Å²) in [6.07, 6.45) is 10.5. The minimum Gasteiger partial charge on any atom is -0.309 e. The van der Waals surface area contributed by atoms with Gasteiger partial charge in [0.25, 0.3) is 0 Å². The number of hydrogen-bond donors (Lipinski definition) is 0. The van der Waals surface area contributed by atoms with E-state index in [1.165, 1.54) is 92.0 Å². The maximum atomic E-state index is 2.43. The predicted molar refractivity (Wildman–Crippen MR) is 210 cm³/mol. The standard InChI is InChI=1S/C48H43N/c1-34(36-26-28-40(29-27-36)47(39-18-13-19-39)38-16-5-3-6-17-38)24-25-41-31-33-46-44(48(41)43-22-11-9-14-35(43)2)32-30-37-15-10-12-23-45(37)49(46)42-20-7-4-8-21-42/h3-12,14-17,20-23,26-34H,13,18-19,24-25H2,1-2H3. The second-order valence-electron chi connectivity index (χ2n) is 13.7. The number of aryl methyl sites for hydroxylation is 2. The van der Waals surface area contributed by atoms with Gasteiger partial charge in [-0.15, -0.1) is 0 Å². The fraction of sp³-hybridized carbons (Fsp3) is 0.167. The van der Waals surface area contributed by atoms with Crippen LogP contribution in [-0.2, 0) is 6.42 Å². The summed E-state index contributed by atoms with van der Waals surface area (Å²) in [5.74, 6) is 0.440. The van der Waals surface area contributed by atoms with Gasteiger partial charge in [-0.05, 0) is 119 Å². The highest BCUT2D eigenvalue weighted by Gasteiger charge is 2.24. The van der Waals surface area contributed by atoms with E-state index in [0.29, 0.717) is 5.92 Å². The van der Waals surface area contributed by atoms with E-state index in [4.69, 9.17) is 0 Å². The summed E-state index contributed by atoms with van der Waals surface area (Å²) in [5, 5.41) is 0. The molecule has 6 aromatic carbocycles. The maximum absolute atomic E-state index is 2.43. The normalized spacial score (nSPS) is 14.0. The van der Waals surface area contributed by atoms with Crippen molar-refractivity contribution in [1.29, 1.82) is 0 Å². The van der Waals surface area contributed by atoms with Gasteiger partial charge < -0.3 is 4.90 Å². The van der Waals surface area contributed by atoms with Crippen molar-refractivity contribution >= 4 is 34.8 Å². The number of para-hydroxylation sites is 2. The highest BCUT2D eigenvalue weighted by Crippen LogP contribution is 2.47. The molecule has 1 aliphatic heterocycles. The third kappa shape index (κ3) is 6.07. The van der Waals surface area contributed by atoms with Crippen LogP contribution in [0.15, 0.2) is 151 Å². The van der Waals surface area contributed by atoms with Crippen molar-refractivity contribution in [2.45, 2.75) is 51.9 Å². The molecule has 0 spiro atoms. The Balaban J connectivity index is 1.14. The first-order valence-electron chi connectivity index (χ1n) is 17.9. The van der Waals surface area contributed by atoms with E-state index in [1.807, 2.05) is 0 Å². The molecule has 1 fully saturated rings. The van der Waals surface area contributed by atoms with Crippen molar-refractivity contribution in [3.05, 3.63) is 190 Å². The van der Waals surface area contributed by atoms with Crippen molar-refractivity contribution in [3.63, 3.8) is 0 Å². The second-order valence-corrected chi connectivity index (χ2v) is 13.7. The number of allylic oxidation sites excluding steroid dienone is 1. The molecule has 0 amide bonds. The summed E-state index contributed by atoms with van der Waals surface area (Å²) >= 11 is 0. The first-order valence-corrected chi connectivity index (χ1v) is 17.9. The quantitative estimate of drug-likeness (QED) is 0.161. The summed E-state index contributed by atoms with van der Waals surface area (Å²) < 4.78 is 0. The van der Waals surface area contributed by atoms with Gasteiger partial charge in [-0.1, -0.05) is 146 Å². The molecule has 0 radical (unpaired) electrons. The monoisotopic (exact) mass is 633 g/mol. The molecule has 8 rings (SSSR count). The van der Waals surface area contributed by atoms with Gasteiger partial charge >= 0.3 is 0 Å². The molecule has 0 N–H and O–H groups in total. The van der Waals surface area contributed by atoms with Crippen LogP contribution in [0, 0.1) is 6.92 Å². The van der Waals surface area contributed by atoms with Crippen LogP contribution >= 0.6 is 0 Å². The van der Waals surface area contributed by atoms with Gasteiger partial charge in [0.2, 0.25) is 0 Å². The fourth-order valence-electron chi connectivity index (χ4n) is 7.69. The van der Waals surface area contributed by atoms with E-state index in [-0.39, 0.29) is 0 Å². The molecule has 0 aromatic heterocycles. The Labute approximate surface area is 291 Å². The minimum absolute atomic E-state index is 0.440. The molecule has 1 nitrogen and oxygen atoms in total. The zero-order valence-electron chi connectivity index (χ0n) is 28.6. The summed E-state index contributed by atoms with van der Waals surface area (Å²) in [6, 6.07) is 53.6. The number of nitrogens with zero attached hydrogens (tertiary/aromatic N) is 1. The lowest BCUT2D eigenvalue weighted by atomic mass is 9.81. The van der Waals surface area contributed by atoms with Crippen molar-refractivity contribution < 1.29 is 0 Å². The molecule has 240 valence electrons. The Morgan fingerprint density at radius 3 is 2.04 bits per heavy atom. The van der Waals surface area contributed by atoms with Gasteiger partial charge in [-0.25, -0.2) is 0 Å². The molecule has 49 heavy (non-hydrogen) atoms. The van der Waals surface area contributed by atoms with Crippen LogP contribution in [0.5, 0.6) is 0 Å². The lowest BCUT2D eigenvalue weighted by Crippen LogP contribution is -2.12. The average Bonchev–Trinajstić information content (AvgIpc) is 3.30. The van der Waals surface area contributed by atoms with Crippen LogP contribution in [0.2, 0.25) is 0 Å². The Morgan fingerprint density at radius 2 is 1.31 bits per heavy atom. The fourth-order valence-corrected chi connectivity index (χ4v) is 7.69. The minimum atomic E-state index is 0.440. The van der Waals surface area contributed by atoms with Gasteiger partial charge in [0.05, 0.1) is 11.4 Å². The van der Waals surface area contributed by atoms with Crippen LogP contribution < -0.4 is 4.90 Å². The zero-order chi connectivity index (χ0) is 33.2. The largest absolute Gasteiger partial charge is 0.309 e. The van der Waals surface area contributed by atoms with Crippen molar-refractivity contribution in [1.82, 2.24) is 0 Å². The Hall–Kier alpha value is -5.40. The molecular weight excluding hydrogens is 591 g/mol. The Kier molecular flexibility index (Phi) is 8.58. The Morgan fingerprint density at radius 1 is 0.633 bits per heavy atom. The van der Waals surface area contributed by atoms with Gasteiger partial charge in [0.15, 0.2) is 0 Å². The number of fused-ring (bicyclic) bond motifs is 2. The molecule has 6 aromatic rings. The van der Waals surface area contributed by atoms with Crippen LogP contribution in [-0.4, -0.2) is 0 Å². The zero-order valence-corrected chi connectivity index (χ0v) is 28.6. The number of hydrogen-bond acceptors (Lipinski definition) is 1. The van der Waals surface area contributed by atoms with E-state index < -0.39 is 0 Å². The van der Waals surface area contributed by atoms with E-state index in [1.54, 1.807) is 5.57 Å². The third-order valence-corrected chi connectivity index (χ3v) is 10.6. The average molecular weight is 634 g/mol. The summed E-state index contributed by atoms with van der Waals surface area (Å²) in [4.78, 5) is 2.43. The van der Waals surface area contributed by atoms with E-state index in [9.17, 15) is 0 Å². The molecule has 1 atom stereocenters. The van der Waals surface area contributed by atoms with Gasteiger partial charge in [0, 0.05) is 11.3 Å². The van der Waals surface area contributed by atoms with Crippen molar-refractivity contribution in [2.75, 3.05) is 4.90 Å². The molecule has 1 aliphatic carbocycles. The highest BCUT2D eigenvalue weighted by molar-refractivity contribution is 5.98. The van der Waals surface area contributed by atoms with Gasteiger partial charge in [0.1, 0.15) is 0 Å². The van der Waals surface area contributed by atoms with Crippen LogP contribution in [0.4, 0.5) is 17.1 Å². The number of benzene rings is 6. The van der Waals surface area contributed by atoms with E-state index in [2.05, 4.69) is 176 Å². The van der Waals surface area contributed by atoms with Crippen molar-refractivity contribution in [3.8, 4) is 11.1 Å². The first kappa shape index (κ1) is 30.9. The van der Waals surface area contributed by atoms with E-state index in [0.717, 1.165) is 12.8 Å². The third-order valence-electron chi connectivity index (χ3n) is 10.6. The Bertz CT molecular complexity index is 2150. The highest BCUT2D eigenvalue weighted by atomic mass is 15.1. The first-order chi connectivity index (χ1) is 24.2.